The summed E-state index contributed by atoms with van der Waals surface area (Å²) in [5.74, 6) is -0.0194. The molecule has 29 heavy (non-hydrogen) atoms. The van der Waals surface area contributed by atoms with Gasteiger partial charge in [0.2, 0.25) is 18.3 Å². The van der Waals surface area contributed by atoms with Crippen LogP contribution in [0.15, 0.2) is 48.7 Å². The fourth-order valence-electron chi connectivity index (χ4n) is 2.61. The van der Waals surface area contributed by atoms with Crippen LogP contribution in [0.25, 0.3) is 11.5 Å². The Morgan fingerprint density at radius 1 is 1.17 bits per heavy atom. The average Bonchev–Trinajstić information content (AvgIpc) is 3.21. The molecule has 9 heteroatoms. The molecule has 0 saturated heterocycles. The normalized spacial score (nSPS) is 10.4. The van der Waals surface area contributed by atoms with Gasteiger partial charge >= 0.3 is 0 Å². The minimum absolute atomic E-state index is 0.136. The maximum atomic E-state index is 12.4. The second kappa shape index (κ2) is 9.36. The first-order valence-electron chi connectivity index (χ1n) is 9.09. The molecule has 148 valence electrons. The Bertz CT molecular complexity index is 985. The fraction of sp³-hybridized carbons (Fsp3) is 0.200. The van der Waals surface area contributed by atoms with E-state index in [4.69, 9.17) is 0 Å². The molecule has 0 bridgehead atoms. The number of amides is 3. The number of pyridine rings is 1. The molecule has 0 fully saturated rings. The number of imide groups is 1. The van der Waals surface area contributed by atoms with Crippen molar-refractivity contribution in [1.82, 2.24) is 25.1 Å². The van der Waals surface area contributed by atoms with Crippen molar-refractivity contribution in [2.24, 2.45) is 0 Å². The third-order valence-electron chi connectivity index (χ3n) is 4.10. The van der Waals surface area contributed by atoms with Gasteiger partial charge in [-0.15, -0.1) is 5.10 Å². The first-order chi connectivity index (χ1) is 14.1. The molecule has 9 nitrogen and oxygen atoms in total. The average molecular weight is 392 g/mol. The molecule has 3 rings (SSSR count). The topological polar surface area (TPSA) is 121 Å². The van der Waals surface area contributed by atoms with Gasteiger partial charge in [-0.2, -0.15) is 4.98 Å². The van der Waals surface area contributed by atoms with Gasteiger partial charge in [-0.25, -0.2) is 0 Å². The molecule has 2 heterocycles. The molecule has 0 saturated carbocycles. The van der Waals surface area contributed by atoms with E-state index in [1.807, 2.05) is 13.0 Å². The molecule has 0 unspecified atom stereocenters. The molecule has 0 radical (unpaired) electrons. The van der Waals surface area contributed by atoms with E-state index in [1.54, 1.807) is 42.6 Å². The molecule has 3 aromatic rings. The van der Waals surface area contributed by atoms with E-state index in [1.165, 1.54) is 0 Å². The number of aromatic amines is 1. The van der Waals surface area contributed by atoms with Crippen molar-refractivity contribution < 1.29 is 14.4 Å². The fourth-order valence-corrected chi connectivity index (χ4v) is 2.61. The Kier molecular flexibility index (Phi) is 6.41. The molecule has 0 spiro atoms. The van der Waals surface area contributed by atoms with Gasteiger partial charge in [0.05, 0.1) is 6.54 Å². The van der Waals surface area contributed by atoms with E-state index in [2.05, 4.69) is 25.5 Å². The minimum Gasteiger partial charge on any atom is -0.289 e. The van der Waals surface area contributed by atoms with Crippen LogP contribution in [0.3, 0.4) is 0 Å². The van der Waals surface area contributed by atoms with E-state index in [0.29, 0.717) is 36.3 Å². The molecular weight excluding hydrogens is 372 g/mol. The monoisotopic (exact) mass is 392 g/mol. The standard InChI is InChI=1S/C20H20N6O3/c1-2-5-17(28)26(13-27)12-14-7-9-15(10-8-14)19(29)23-20-22-18(24-25-20)16-6-3-4-11-21-16/h3-4,6-11,13H,2,5,12H2,1H3,(H2,22,23,24,25,29). The number of aromatic nitrogens is 4. The van der Waals surface area contributed by atoms with Gasteiger partial charge in [0.1, 0.15) is 5.69 Å². The van der Waals surface area contributed by atoms with Crippen molar-refractivity contribution in [3.8, 4) is 11.5 Å². The van der Waals surface area contributed by atoms with Crippen molar-refractivity contribution in [3.63, 3.8) is 0 Å². The summed E-state index contributed by atoms with van der Waals surface area (Å²) in [4.78, 5) is 44.9. The molecule has 0 aliphatic carbocycles. The lowest BCUT2D eigenvalue weighted by Crippen LogP contribution is -2.28. The maximum Gasteiger partial charge on any atom is 0.258 e. The summed E-state index contributed by atoms with van der Waals surface area (Å²) in [5, 5.41) is 9.31. The zero-order valence-corrected chi connectivity index (χ0v) is 15.8. The zero-order chi connectivity index (χ0) is 20.6. The Hall–Kier alpha value is -3.88. The lowest BCUT2D eigenvalue weighted by molar-refractivity contribution is -0.138. The zero-order valence-electron chi connectivity index (χ0n) is 15.8. The Morgan fingerprint density at radius 3 is 2.62 bits per heavy atom. The van der Waals surface area contributed by atoms with E-state index in [9.17, 15) is 14.4 Å². The van der Waals surface area contributed by atoms with Crippen LogP contribution in [0.4, 0.5) is 5.95 Å². The van der Waals surface area contributed by atoms with Crippen LogP contribution >= 0.6 is 0 Å². The SMILES string of the molecule is CCCC(=O)N(C=O)Cc1ccc(C(=O)Nc2n[nH]c(-c3ccccn3)n2)cc1. The van der Waals surface area contributed by atoms with Crippen LogP contribution < -0.4 is 5.32 Å². The van der Waals surface area contributed by atoms with Crippen LogP contribution in [-0.2, 0) is 16.1 Å². The van der Waals surface area contributed by atoms with Crippen molar-refractivity contribution >= 4 is 24.2 Å². The highest BCUT2D eigenvalue weighted by molar-refractivity contribution is 6.03. The summed E-state index contributed by atoms with van der Waals surface area (Å²) in [6.45, 7) is 2.04. The van der Waals surface area contributed by atoms with Gasteiger partial charge in [-0.3, -0.25) is 34.7 Å². The van der Waals surface area contributed by atoms with Gasteiger partial charge < -0.3 is 0 Å². The summed E-state index contributed by atoms with van der Waals surface area (Å²) in [5.41, 5.74) is 1.76. The highest BCUT2D eigenvalue weighted by Crippen LogP contribution is 2.14. The van der Waals surface area contributed by atoms with Gasteiger partial charge in [-0.05, 0) is 36.2 Å². The molecule has 0 aliphatic rings. The number of carbonyl (C=O) groups excluding carboxylic acids is 3. The first kappa shape index (κ1) is 19.9. The van der Waals surface area contributed by atoms with Crippen LogP contribution in [-0.4, -0.2) is 43.3 Å². The molecular formula is C20H20N6O3. The summed E-state index contributed by atoms with van der Waals surface area (Å²) < 4.78 is 0. The van der Waals surface area contributed by atoms with E-state index >= 15 is 0 Å². The summed E-state index contributed by atoms with van der Waals surface area (Å²) in [7, 11) is 0. The lowest BCUT2D eigenvalue weighted by Gasteiger charge is -2.15. The largest absolute Gasteiger partial charge is 0.289 e. The van der Waals surface area contributed by atoms with Crippen molar-refractivity contribution in [2.45, 2.75) is 26.3 Å². The van der Waals surface area contributed by atoms with Gasteiger partial charge in [0, 0.05) is 18.2 Å². The van der Waals surface area contributed by atoms with Crippen molar-refractivity contribution in [2.75, 3.05) is 5.32 Å². The van der Waals surface area contributed by atoms with Gasteiger partial charge in [0.25, 0.3) is 5.91 Å². The second-order valence-electron chi connectivity index (χ2n) is 6.25. The molecule has 0 atom stereocenters. The predicted molar refractivity (Wildman–Crippen MR) is 106 cm³/mol. The van der Waals surface area contributed by atoms with Crippen LogP contribution in [0, 0.1) is 0 Å². The number of hydrogen-bond donors (Lipinski definition) is 2. The quantitative estimate of drug-likeness (QED) is 0.568. The van der Waals surface area contributed by atoms with E-state index in [0.717, 1.165) is 10.5 Å². The summed E-state index contributed by atoms with van der Waals surface area (Å²) in [6.07, 6.45) is 3.15. The summed E-state index contributed by atoms with van der Waals surface area (Å²) in [6, 6.07) is 12.0. The Balaban J connectivity index is 1.63. The number of hydrogen-bond acceptors (Lipinski definition) is 6. The van der Waals surface area contributed by atoms with Crippen LogP contribution in [0.1, 0.15) is 35.7 Å². The van der Waals surface area contributed by atoms with Gasteiger partial charge in [0.15, 0.2) is 5.82 Å². The van der Waals surface area contributed by atoms with E-state index in [-0.39, 0.29) is 24.3 Å². The predicted octanol–water partition coefficient (Wildman–Crippen LogP) is 2.40. The third-order valence-corrected chi connectivity index (χ3v) is 4.10. The highest BCUT2D eigenvalue weighted by Gasteiger charge is 2.14. The van der Waals surface area contributed by atoms with Crippen LogP contribution in [0.5, 0.6) is 0 Å². The smallest absolute Gasteiger partial charge is 0.258 e. The molecule has 2 N–H and O–H groups in total. The highest BCUT2D eigenvalue weighted by atomic mass is 16.2. The van der Waals surface area contributed by atoms with Crippen molar-refractivity contribution in [1.29, 1.82) is 0 Å². The lowest BCUT2D eigenvalue weighted by atomic mass is 10.1. The second-order valence-corrected chi connectivity index (χ2v) is 6.25. The number of anilines is 1. The summed E-state index contributed by atoms with van der Waals surface area (Å²) >= 11 is 0. The molecule has 3 amide bonds. The van der Waals surface area contributed by atoms with Gasteiger partial charge in [-0.1, -0.05) is 25.1 Å². The number of carbonyl (C=O) groups is 3. The Labute approximate surface area is 167 Å². The molecule has 1 aromatic carbocycles. The molecule has 0 aliphatic heterocycles. The number of H-pyrrole nitrogens is 1. The number of nitrogens with one attached hydrogen (secondary N) is 2. The minimum atomic E-state index is -0.377. The molecule has 2 aromatic heterocycles. The van der Waals surface area contributed by atoms with E-state index < -0.39 is 0 Å². The third kappa shape index (κ3) is 5.10. The maximum absolute atomic E-state index is 12.4. The van der Waals surface area contributed by atoms with Crippen molar-refractivity contribution in [3.05, 3.63) is 59.8 Å². The van der Waals surface area contributed by atoms with Crippen LogP contribution in [0.2, 0.25) is 0 Å². The Morgan fingerprint density at radius 2 is 1.97 bits per heavy atom. The number of nitrogens with zero attached hydrogens (tertiary/aromatic N) is 4. The first-order valence-corrected chi connectivity index (χ1v) is 9.09. The number of benzene rings is 1. The number of rotatable bonds is 8.